The van der Waals surface area contributed by atoms with Crippen molar-refractivity contribution in [2.75, 3.05) is 36.4 Å². The smallest absolute Gasteiger partial charge is 0.263 e. The highest BCUT2D eigenvalue weighted by atomic mass is 19.1. The Bertz CT molecular complexity index is 2310. The van der Waals surface area contributed by atoms with Crippen LogP contribution in [-0.4, -0.2) is 91.0 Å². The number of hydrogen-bond donors (Lipinski definition) is 2. The van der Waals surface area contributed by atoms with Crippen molar-refractivity contribution in [3.63, 3.8) is 0 Å². The number of benzene rings is 1. The SMILES string of the molecule is CC(=O)c1c(C)c2cnc(Nc3ccc(N4CCN(Cc5cc6c(cc5F)C(=O)N(C5CCC(=O)NC5=O)C6=O)CC4)cn3)nc2n(C2CCCC2)c1=O. The molecule has 278 valence electrons. The van der Waals surface area contributed by atoms with E-state index in [0.717, 1.165) is 42.3 Å². The molecule has 3 aliphatic heterocycles. The molecule has 0 radical (unpaired) electrons. The van der Waals surface area contributed by atoms with Crippen molar-refractivity contribution in [2.45, 2.75) is 71.0 Å². The fourth-order valence-corrected chi connectivity index (χ4v) is 8.13. The summed E-state index contributed by atoms with van der Waals surface area (Å²) >= 11 is 0. The number of piperidine rings is 1. The van der Waals surface area contributed by atoms with Crippen molar-refractivity contribution in [3.8, 4) is 0 Å². The Kier molecular flexibility index (Phi) is 9.00. The van der Waals surface area contributed by atoms with Crippen LogP contribution >= 0.6 is 0 Å². The largest absolute Gasteiger partial charge is 0.368 e. The Labute approximate surface area is 308 Å². The van der Waals surface area contributed by atoms with Crippen LogP contribution in [0.4, 0.5) is 21.8 Å². The Hall–Kier alpha value is -5.90. The number of ketones is 1. The summed E-state index contributed by atoms with van der Waals surface area (Å²) in [5.74, 6) is -2.68. The fourth-order valence-electron chi connectivity index (χ4n) is 8.13. The van der Waals surface area contributed by atoms with Gasteiger partial charge in [-0.3, -0.25) is 48.5 Å². The number of nitrogens with one attached hydrogen (secondary N) is 2. The van der Waals surface area contributed by atoms with Crippen molar-refractivity contribution >= 4 is 57.9 Å². The van der Waals surface area contributed by atoms with E-state index < -0.39 is 35.5 Å². The molecule has 16 heteroatoms. The predicted octanol–water partition coefficient (Wildman–Crippen LogP) is 3.42. The number of Topliss-reactive ketones (excluding diaryl/α,β-unsaturated/α-hetero) is 1. The number of carbonyl (C=O) groups is 5. The molecule has 4 aliphatic rings. The van der Waals surface area contributed by atoms with Crippen LogP contribution in [0.25, 0.3) is 11.0 Å². The summed E-state index contributed by atoms with van der Waals surface area (Å²) in [4.78, 5) is 95.1. The molecule has 4 amide bonds. The molecule has 8 rings (SSSR count). The van der Waals surface area contributed by atoms with E-state index in [1.165, 1.54) is 13.0 Å². The van der Waals surface area contributed by atoms with Gasteiger partial charge in [0.15, 0.2) is 5.78 Å². The third kappa shape index (κ3) is 6.19. The zero-order valence-corrected chi connectivity index (χ0v) is 29.9. The first-order valence-corrected chi connectivity index (χ1v) is 18.2. The molecular formula is C38H38FN9O6. The second-order valence-corrected chi connectivity index (χ2v) is 14.3. The highest BCUT2D eigenvalue weighted by molar-refractivity contribution is 6.23. The first kappa shape index (κ1) is 35.1. The fraction of sp³-hybridized carbons (Fsp3) is 0.395. The third-order valence-corrected chi connectivity index (χ3v) is 11.0. The molecule has 54 heavy (non-hydrogen) atoms. The summed E-state index contributed by atoms with van der Waals surface area (Å²) in [7, 11) is 0. The van der Waals surface area contributed by atoms with Gasteiger partial charge in [-0.15, -0.1) is 0 Å². The Morgan fingerprint density at radius 2 is 1.67 bits per heavy atom. The van der Waals surface area contributed by atoms with E-state index in [1.54, 1.807) is 23.9 Å². The van der Waals surface area contributed by atoms with Crippen molar-refractivity contribution in [2.24, 2.45) is 0 Å². The Morgan fingerprint density at radius 1 is 0.944 bits per heavy atom. The van der Waals surface area contributed by atoms with Gasteiger partial charge in [-0.1, -0.05) is 12.8 Å². The zero-order chi connectivity index (χ0) is 37.8. The van der Waals surface area contributed by atoms with Gasteiger partial charge in [0.2, 0.25) is 17.8 Å². The molecule has 1 unspecified atom stereocenters. The molecule has 1 aliphatic carbocycles. The molecule has 0 bridgehead atoms. The van der Waals surface area contributed by atoms with Crippen molar-refractivity contribution in [1.82, 2.24) is 34.6 Å². The molecule has 0 spiro atoms. The van der Waals surface area contributed by atoms with Crippen molar-refractivity contribution in [3.05, 3.63) is 80.6 Å². The van der Waals surface area contributed by atoms with Crippen LogP contribution in [0.3, 0.4) is 0 Å². The number of carbonyl (C=O) groups excluding carboxylic acids is 5. The van der Waals surface area contributed by atoms with Gasteiger partial charge < -0.3 is 10.2 Å². The van der Waals surface area contributed by atoms with Gasteiger partial charge in [0, 0.05) is 62.3 Å². The molecule has 2 N–H and O–H groups in total. The normalized spacial score (nSPS) is 19.5. The van der Waals surface area contributed by atoms with Gasteiger partial charge in [0.05, 0.1) is 28.6 Å². The van der Waals surface area contributed by atoms with Gasteiger partial charge in [-0.25, -0.2) is 14.4 Å². The average molecular weight is 736 g/mol. The summed E-state index contributed by atoms with van der Waals surface area (Å²) in [5.41, 5.74) is 2.07. The maximum absolute atomic E-state index is 15.3. The average Bonchev–Trinajstić information content (AvgIpc) is 3.75. The molecule has 2 saturated heterocycles. The van der Waals surface area contributed by atoms with Gasteiger partial charge in [0.25, 0.3) is 17.4 Å². The lowest BCUT2D eigenvalue weighted by molar-refractivity contribution is -0.136. The lowest BCUT2D eigenvalue weighted by atomic mass is 10.0. The standard InChI is InChI=1S/C38H38FN9O6/c1-20-27-18-41-38(44-33(27)47(23-5-3-4-6-23)37(54)32(20)21(2)49)42-30-9-7-24(17-40-30)46-13-11-45(12-14-46)19-22-15-25-26(16-28(22)39)36(53)48(35(25)52)29-8-10-31(50)43-34(29)51/h7,9,15-18,23,29H,3-6,8,10-14,19H2,1-2H3,(H,43,50,51)(H,40,41,42,44). The Balaban J connectivity index is 0.921. The molecule has 6 heterocycles. The summed E-state index contributed by atoms with van der Waals surface area (Å²) < 4.78 is 17.0. The van der Waals surface area contributed by atoms with E-state index in [1.807, 2.05) is 12.1 Å². The van der Waals surface area contributed by atoms with E-state index in [0.29, 0.717) is 48.6 Å². The predicted molar refractivity (Wildman–Crippen MR) is 194 cm³/mol. The summed E-state index contributed by atoms with van der Waals surface area (Å²) in [6, 6.07) is 5.07. The number of fused-ring (bicyclic) bond motifs is 2. The van der Waals surface area contributed by atoms with Crippen molar-refractivity contribution in [1.29, 1.82) is 0 Å². The summed E-state index contributed by atoms with van der Waals surface area (Å²) in [6.45, 7) is 5.87. The number of aromatic nitrogens is 4. The van der Waals surface area contributed by atoms with E-state index >= 15 is 4.39 Å². The number of anilines is 3. The summed E-state index contributed by atoms with van der Waals surface area (Å²) in [5, 5.41) is 5.98. The lowest BCUT2D eigenvalue weighted by Crippen LogP contribution is -2.54. The first-order valence-electron chi connectivity index (χ1n) is 18.2. The first-order chi connectivity index (χ1) is 26.0. The number of halogens is 1. The van der Waals surface area contributed by atoms with Gasteiger partial charge in [-0.05, 0) is 62.9 Å². The number of pyridine rings is 2. The van der Waals surface area contributed by atoms with Crippen LogP contribution in [0.5, 0.6) is 0 Å². The van der Waals surface area contributed by atoms with Crippen LogP contribution in [-0.2, 0) is 16.1 Å². The zero-order valence-electron chi connectivity index (χ0n) is 29.9. The van der Waals surface area contributed by atoms with Crippen LogP contribution in [0.2, 0.25) is 0 Å². The van der Waals surface area contributed by atoms with E-state index in [4.69, 9.17) is 4.98 Å². The van der Waals surface area contributed by atoms with Gasteiger partial charge in [0.1, 0.15) is 23.3 Å². The molecule has 3 aromatic heterocycles. The molecule has 1 aromatic carbocycles. The Morgan fingerprint density at radius 3 is 2.33 bits per heavy atom. The summed E-state index contributed by atoms with van der Waals surface area (Å²) in [6.07, 6.45) is 7.14. The molecule has 3 fully saturated rings. The molecule has 15 nitrogen and oxygen atoms in total. The lowest BCUT2D eigenvalue weighted by Gasteiger charge is -2.36. The van der Waals surface area contributed by atoms with Gasteiger partial charge >= 0.3 is 0 Å². The number of rotatable bonds is 8. The monoisotopic (exact) mass is 735 g/mol. The number of nitrogens with zero attached hydrogens (tertiary/aromatic N) is 7. The van der Waals surface area contributed by atoms with E-state index in [9.17, 15) is 28.8 Å². The minimum Gasteiger partial charge on any atom is -0.368 e. The molecule has 1 saturated carbocycles. The maximum Gasteiger partial charge on any atom is 0.263 e. The molecule has 4 aromatic rings. The minimum absolute atomic E-state index is 0.00321. The maximum atomic E-state index is 15.3. The van der Waals surface area contributed by atoms with E-state index in [2.05, 4.69) is 30.4 Å². The topological polar surface area (TPSA) is 180 Å². The number of amides is 4. The van der Waals surface area contributed by atoms with E-state index in [-0.39, 0.29) is 65.0 Å². The second kappa shape index (κ2) is 13.8. The number of imide groups is 2. The highest BCUT2D eigenvalue weighted by Crippen LogP contribution is 2.33. The molecule has 1 atom stereocenters. The highest BCUT2D eigenvalue weighted by Gasteiger charge is 2.45. The molecular weight excluding hydrogens is 697 g/mol. The number of aryl methyl sites for hydroxylation is 1. The third-order valence-electron chi connectivity index (χ3n) is 11.0. The quantitative estimate of drug-likeness (QED) is 0.199. The van der Waals surface area contributed by atoms with Crippen LogP contribution in [0.15, 0.2) is 41.5 Å². The number of piperazine rings is 1. The number of hydrogen-bond acceptors (Lipinski definition) is 12. The van der Waals surface area contributed by atoms with Crippen LogP contribution in [0.1, 0.15) is 93.7 Å². The van der Waals surface area contributed by atoms with Crippen molar-refractivity contribution < 1.29 is 28.4 Å². The van der Waals surface area contributed by atoms with Crippen LogP contribution < -0.4 is 21.1 Å². The van der Waals surface area contributed by atoms with Gasteiger partial charge in [-0.2, -0.15) is 4.98 Å². The minimum atomic E-state index is -1.12. The second-order valence-electron chi connectivity index (χ2n) is 14.3. The van der Waals surface area contributed by atoms with Crippen LogP contribution in [0, 0.1) is 12.7 Å².